The fraction of sp³-hybridized carbons (Fsp3) is 0.182. The van der Waals surface area contributed by atoms with Gasteiger partial charge in [-0.2, -0.15) is 13.2 Å². The maximum atomic E-state index is 12.6. The molecule has 17 heavy (non-hydrogen) atoms. The van der Waals surface area contributed by atoms with Crippen molar-refractivity contribution >= 4 is 22.6 Å². The van der Waals surface area contributed by atoms with E-state index in [0.29, 0.717) is 9.26 Å². The number of hydrogen-bond donors (Lipinski definition) is 0. The molecule has 0 fully saturated rings. The van der Waals surface area contributed by atoms with Crippen LogP contribution in [0.1, 0.15) is 11.3 Å². The molecule has 0 atom stereocenters. The summed E-state index contributed by atoms with van der Waals surface area (Å²) in [7, 11) is 0. The molecule has 0 aliphatic heterocycles. The normalized spacial score (nSPS) is 11.8. The van der Waals surface area contributed by atoms with Crippen molar-refractivity contribution in [3.05, 3.63) is 45.6 Å². The Morgan fingerprint density at radius 1 is 1.24 bits per heavy atom. The van der Waals surface area contributed by atoms with Gasteiger partial charge >= 0.3 is 6.18 Å². The smallest absolute Gasteiger partial charge is 0.306 e. The molecule has 1 heterocycles. The van der Waals surface area contributed by atoms with Gasteiger partial charge in [0.05, 0.1) is 17.6 Å². The fourth-order valence-corrected chi connectivity index (χ4v) is 2.10. The Balaban J connectivity index is 2.52. The Morgan fingerprint density at radius 3 is 2.47 bits per heavy atom. The predicted octanol–water partition coefficient (Wildman–Crippen LogP) is 3.80. The van der Waals surface area contributed by atoms with Crippen LogP contribution in [0.3, 0.4) is 0 Å². The number of imidazole rings is 1. The van der Waals surface area contributed by atoms with E-state index >= 15 is 0 Å². The van der Waals surface area contributed by atoms with Crippen molar-refractivity contribution in [1.82, 2.24) is 9.55 Å². The Morgan fingerprint density at radius 2 is 1.94 bits per heavy atom. The number of benzene rings is 1. The van der Waals surface area contributed by atoms with Gasteiger partial charge in [0, 0.05) is 15.5 Å². The van der Waals surface area contributed by atoms with Crippen molar-refractivity contribution in [1.29, 1.82) is 0 Å². The summed E-state index contributed by atoms with van der Waals surface area (Å²) in [6, 6.07) is 3.91. The minimum Gasteiger partial charge on any atom is -0.306 e. The highest BCUT2D eigenvalue weighted by Crippen LogP contribution is 2.31. The third kappa shape index (κ3) is 2.80. The molecule has 1 aromatic carbocycles. The topological polar surface area (TPSA) is 17.8 Å². The fourth-order valence-electron chi connectivity index (χ4n) is 1.45. The quantitative estimate of drug-likeness (QED) is 0.714. The second kappa shape index (κ2) is 4.32. The van der Waals surface area contributed by atoms with Gasteiger partial charge in [-0.15, -0.1) is 0 Å². The lowest BCUT2D eigenvalue weighted by Crippen LogP contribution is -2.06. The molecule has 0 bridgehead atoms. The number of aryl methyl sites for hydroxylation is 1. The average Bonchev–Trinajstić information content (AvgIpc) is 2.62. The summed E-state index contributed by atoms with van der Waals surface area (Å²) in [5.74, 6) is 0. The van der Waals surface area contributed by atoms with E-state index in [0.717, 1.165) is 17.8 Å². The molecular weight excluding hydrogens is 344 g/mol. The van der Waals surface area contributed by atoms with Crippen LogP contribution in [-0.2, 0) is 6.18 Å². The summed E-state index contributed by atoms with van der Waals surface area (Å²) >= 11 is 1.87. The molecule has 90 valence electrons. The molecule has 0 saturated carbocycles. The zero-order valence-electron chi connectivity index (χ0n) is 8.79. The lowest BCUT2D eigenvalue weighted by atomic mass is 10.2. The minimum absolute atomic E-state index is 0.463. The monoisotopic (exact) mass is 352 g/mol. The van der Waals surface area contributed by atoms with Gasteiger partial charge in [-0.3, -0.25) is 0 Å². The minimum atomic E-state index is -4.33. The lowest BCUT2D eigenvalue weighted by molar-refractivity contribution is -0.137. The summed E-state index contributed by atoms with van der Waals surface area (Å²) in [5.41, 5.74) is 0.577. The molecule has 2 nitrogen and oxygen atoms in total. The molecule has 0 amide bonds. The highest BCUT2D eigenvalue weighted by Gasteiger charge is 2.31. The van der Waals surface area contributed by atoms with Gasteiger partial charge in [0.25, 0.3) is 0 Å². The van der Waals surface area contributed by atoms with E-state index in [1.807, 2.05) is 22.6 Å². The van der Waals surface area contributed by atoms with Gasteiger partial charge in [-0.05, 0) is 47.7 Å². The van der Waals surface area contributed by atoms with Gasteiger partial charge in [-0.25, -0.2) is 4.98 Å². The first-order chi connectivity index (χ1) is 7.86. The molecule has 0 unspecified atom stereocenters. The third-order valence-electron chi connectivity index (χ3n) is 2.22. The highest BCUT2D eigenvalue weighted by molar-refractivity contribution is 14.1. The Kier molecular flexibility index (Phi) is 3.15. The van der Waals surface area contributed by atoms with E-state index < -0.39 is 11.7 Å². The summed E-state index contributed by atoms with van der Waals surface area (Å²) in [5, 5.41) is 0. The van der Waals surface area contributed by atoms with E-state index in [4.69, 9.17) is 0 Å². The van der Waals surface area contributed by atoms with Crippen molar-refractivity contribution in [3.63, 3.8) is 0 Å². The van der Waals surface area contributed by atoms with Crippen LogP contribution in [0.2, 0.25) is 0 Å². The number of hydrogen-bond acceptors (Lipinski definition) is 1. The molecule has 0 spiro atoms. The van der Waals surface area contributed by atoms with E-state index in [1.54, 1.807) is 23.8 Å². The number of aromatic nitrogens is 2. The van der Waals surface area contributed by atoms with Gasteiger partial charge in [0.2, 0.25) is 0 Å². The van der Waals surface area contributed by atoms with E-state index in [1.165, 1.54) is 6.33 Å². The average molecular weight is 352 g/mol. The van der Waals surface area contributed by atoms with Crippen LogP contribution in [0.5, 0.6) is 0 Å². The van der Waals surface area contributed by atoms with E-state index in [9.17, 15) is 13.2 Å². The summed E-state index contributed by atoms with van der Waals surface area (Å²) in [6.07, 6.45) is -1.14. The summed E-state index contributed by atoms with van der Waals surface area (Å²) < 4.78 is 40.0. The first kappa shape index (κ1) is 12.4. The summed E-state index contributed by atoms with van der Waals surface area (Å²) in [4.78, 5) is 3.99. The standard InChI is InChI=1S/C11H8F3IN2/c1-7-5-17(6-16-7)10-3-8(11(12,13)14)2-9(15)4-10/h2-6H,1H3. The van der Waals surface area contributed by atoms with Crippen LogP contribution in [0.15, 0.2) is 30.7 Å². The van der Waals surface area contributed by atoms with Crippen molar-refractivity contribution in [2.75, 3.05) is 0 Å². The number of alkyl halides is 3. The Hall–Kier alpha value is -1.05. The lowest BCUT2D eigenvalue weighted by Gasteiger charge is -2.10. The second-order valence-electron chi connectivity index (χ2n) is 3.62. The van der Waals surface area contributed by atoms with Crippen LogP contribution in [0, 0.1) is 10.5 Å². The van der Waals surface area contributed by atoms with Crippen molar-refractivity contribution in [2.45, 2.75) is 13.1 Å². The second-order valence-corrected chi connectivity index (χ2v) is 4.86. The Bertz CT molecular complexity index is 546. The van der Waals surface area contributed by atoms with E-state index in [2.05, 4.69) is 4.98 Å². The predicted molar refractivity (Wildman–Crippen MR) is 66.0 cm³/mol. The van der Waals surface area contributed by atoms with Gasteiger partial charge in [0.1, 0.15) is 0 Å². The number of halogens is 4. The molecule has 2 rings (SSSR count). The zero-order chi connectivity index (χ0) is 12.6. The van der Waals surface area contributed by atoms with Crippen LogP contribution in [0.25, 0.3) is 5.69 Å². The van der Waals surface area contributed by atoms with Gasteiger partial charge in [-0.1, -0.05) is 0 Å². The van der Waals surface area contributed by atoms with Crippen LogP contribution < -0.4 is 0 Å². The van der Waals surface area contributed by atoms with Crippen LogP contribution in [-0.4, -0.2) is 9.55 Å². The van der Waals surface area contributed by atoms with Crippen molar-refractivity contribution in [2.24, 2.45) is 0 Å². The SMILES string of the molecule is Cc1cn(-c2cc(I)cc(C(F)(F)F)c2)cn1. The molecule has 0 aliphatic carbocycles. The van der Waals surface area contributed by atoms with E-state index in [-0.39, 0.29) is 0 Å². The Labute approximate surface area is 110 Å². The molecule has 0 aliphatic rings. The number of rotatable bonds is 1. The molecule has 0 saturated heterocycles. The largest absolute Gasteiger partial charge is 0.416 e. The van der Waals surface area contributed by atoms with Crippen LogP contribution >= 0.6 is 22.6 Å². The maximum absolute atomic E-state index is 12.6. The zero-order valence-corrected chi connectivity index (χ0v) is 11.0. The number of nitrogens with zero attached hydrogens (tertiary/aromatic N) is 2. The first-order valence-corrected chi connectivity index (χ1v) is 5.83. The summed E-state index contributed by atoms with van der Waals surface area (Å²) in [6.45, 7) is 1.79. The highest BCUT2D eigenvalue weighted by atomic mass is 127. The molecule has 6 heteroatoms. The van der Waals surface area contributed by atoms with Crippen LogP contribution in [0.4, 0.5) is 13.2 Å². The maximum Gasteiger partial charge on any atom is 0.416 e. The van der Waals surface area contributed by atoms with Crippen molar-refractivity contribution < 1.29 is 13.2 Å². The van der Waals surface area contributed by atoms with Crippen molar-refractivity contribution in [3.8, 4) is 5.69 Å². The first-order valence-electron chi connectivity index (χ1n) is 4.75. The molecule has 2 aromatic rings. The van der Waals surface area contributed by atoms with Gasteiger partial charge < -0.3 is 4.57 Å². The molecule has 1 aromatic heterocycles. The molecular formula is C11H8F3IN2. The molecule has 0 N–H and O–H groups in total. The molecule has 0 radical (unpaired) electrons. The third-order valence-corrected chi connectivity index (χ3v) is 2.84. The van der Waals surface area contributed by atoms with Gasteiger partial charge in [0.15, 0.2) is 0 Å².